The Morgan fingerprint density at radius 1 is 1.47 bits per heavy atom. The normalized spacial score (nSPS) is 17.0. The molecule has 0 aliphatic heterocycles. The van der Waals surface area contributed by atoms with E-state index in [-0.39, 0.29) is 11.8 Å². The number of amides is 1. The van der Waals surface area contributed by atoms with Gasteiger partial charge in [0.05, 0.1) is 12.2 Å². The van der Waals surface area contributed by atoms with Gasteiger partial charge in [-0.15, -0.1) is 11.6 Å². The number of aromatic nitrogens is 2. The van der Waals surface area contributed by atoms with Crippen molar-refractivity contribution in [1.82, 2.24) is 15.1 Å². The quantitative estimate of drug-likeness (QED) is 0.839. The lowest BCUT2D eigenvalue weighted by Gasteiger charge is -2.21. The van der Waals surface area contributed by atoms with E-state index in [9.17, 15) is 4.79 Å². The van der Waals surface area contributed by atoms with Crippen LogP contribution in [0.4, 0.5) is 0 Å². The first-order valence-corrected chi connectivity index (χ1v) is 6.69. The number of hydrogen-bond acceptors (Lipinski definition) is 2. The molecule has 94 valence electrons. The zero-order valence-electron chi connectivity index (χ0n) is 9.86. The summed E-state index contributed by atoms with van der Waals surface area (Å²) in [5.41, 5.74) is 1.04. The molecule has 1 N–H and O–H groups in total. The fraction of sp³-hybridized carbons (Fsp3) is 0.667. The van der Waals surface area contributed by atoms with Gasteiger partial charge in [0.25, 0.3) is 0 Å². The summed E-state index contributed by atoms with van der Waals surface area (Å²) in [5.74, 6) is -0.131. The first-order valence-electron chi connectivity index (χ1n) is 6.15. The number of nitrogens with zero attached hydrogens (tertiary/aromatic N) is 2. The molecule has 1 aromatic rings. The first-order chi connectivity index (χ1) is 8.29. The maximum atomic E-state index is 11.0. The topological polar surface area (TPSA) is 46.9 Å². The van der Waals surface area contributed by atoms with Crippen LogP contribution >= 0.6 is 11.6 Å². The van der Waals surface area contributed by atoms with E-state index in [2.05, 4.69) is 10.4 Å². The van der Waals surface area contributed by atoms with Crippen LogP contribution in [0.1, 0.15) is 43.7 Å². The maximum absolute atomic E-state index is 11.0. The van der Waals surface area contributed by atoms with E-state index in [4.69, 9.17) is 11.6 Å². The van der Waals surface area contributed by atoms with Crippen LogP contribution < -0.4 is 5.32 Å². The summed E-state index contributed by atoms with van der Waals surface area (Å²) in [6, 6.07) is 0.543. The summed E-state index contributed by atoms with van der Waals surface area (Å²) in [6.07, 6.45) is 10.2. The standard InChI is InChI=1S/C12H18ClN3O/c13-6-12(17)14-7-10-8-15-16(9-10)11-4-2-1-3-5-11/h8-9,11H,1-7H2,(H,14,17). The van der Waals surface area contributed by atoms with Crippen LogP contribution in [0.5, 0.6) is 0 Å². The predicted octanol–water partition coefficient (Wildman–Crippen LogP) is 2.24. The van der Waals surface area contributed by atoms with Crippen LogP contribution in [0.3, 0.4) is 0 Å². The van der Waals surface area contributed by atoms with Gasteiger partial charge < -0.3 is 5.32 Å². The molecule has 2 rings (SSSR count). The minimum absolute atomic E-state index is 0.0107. The molecule has 1 amide bonds. The van der Waals surface area contributed by atoms with Crippen molar-refractivity contribution in [2.45, 2.75) is 44.7 Å². The highest BCUT2D eigenvalue weighted by atomic mass is 35.5. The molecule has 5 heteroatoms. The van der Waals surface area contributed by atoms with Crippen molar-refractivity contribution >= 4 is 17.5 Å². The van der Waals surface area contributed by atoms with E-state index in [0.29, 0.717) is 12.6 Å². The Morgan fingerprint density at radius 2 is 2.24 bits per heavy atom. The third-order valence-electron chi connectivity index (χ3n) is 3.21. The van der Waals surface area contributed by atoms with Gasteiger partial charge in [-0.1, -0.05) is 19.3 Å². The Labute approximate surface area is 106 Å². The van der Waals surface area contributed by atoms with E-state index in [1.165, 1.54) is 32.1 Å². The monoisotopic (exact) mass is 255 g/mol. The van der Waals surface area contributed by atoms with Crippen molar-refractivity contribution in [3.05, 3.63) is 18.0 Å². The molecule has 1 aliphatic carbocycles. The van der Waals surface area contributed by atoms with Crippen LogP contribution in [0, 0.1) is 0 Å². The predicted molar refractivity (Wildman–Crippen MR) is 66.9 cm³/mol. The molecule has 0 bridgehead atoms. The third kappa shape index (κ3) is 3.46. The van der Waals surface area contributed by atoms with Gasteiger partial charge in [0.15, 0.2) is 0 Å². The summed E-state index contributed by atoms with van der Waals surface area (Å²) >= 11 is 5.41. The van der Waals surface area contributed by atoms with Crippen LogP contribution in [-0.4, -0.2) is 21.6 Å². The van der Waals surface area contributed by atoms with Crippen LogP contribution in [0.2, 0.25) is 0 Å². The highest BCUT2D eigenvalue weighted by molar-refractivity contribution is 6.27. The Kier molecular flexibility index (Phi) is 4.42. The lowest BCUT2D eigenvalue weighted by molar-refractivity contribution is -0.118. The van der Waals surface area contributed by atoms with Crippen molar-refractivity contribution in [3.63, 3.8) is 0 Å². The molecule has 1 fully saturated rings. The highest BCUT2D eigenvalue weighted by Crippen LogP contribution is 2.27. The highest BCUT2D eigenvalue weighted by Gasteiger charge is 2.15. The number of nitrogens with one attached hydrogen (secondary N) is 1. The van der Waals surface area contributed by atoms with E-state index >= 15 is 0 Å². The van der Waals surface area contributed by atoms with E-state index in [0.717, 1.165) is 5.56 Å². The first kappa shape index (κ1) is 12.4. The molecule has 0 saturated heterocycles. The molecule has 4 nitrogen and oxygen atoms in total. The minimum Gasteiger partial charge on any atom is -0.351 e. The van der Waals surface area contributed by atoms with Crippen LogP contribution in [0.15, 0.2) is 12.4 Å². The van der Waals surface area contributed by atoms with Crippen molar-refractivity contribution < 1.29 is 4.79 Å². The Morgan fingerprint density at radius 3 is 2.94 bits per heavy atom. The molecule has 0 atom stereocenters. The fourth-order valence-corrected chi connectivity index (χ4v) is 2.36. The molecule has 0 unspecified atom stereocenters. The van der Waals surface area contributed by atoms with Gasteiger partial charge in [-0.05, 0) is 12.8 Å². The summed E-state index contributed by atoms with van der Waals surface area (Å²) in [6.45, 7) is 0.512. The van der Waals surface area contributed by atoms with Gasteiger partial charge >= 0.3 is 0 Å². The zero-order chi connectivity index (χ0) is 12.1. The lowest BCUT2D eigenvalue weighted by atomic mass is 9.96. The number of carbonyl (C=O) groups is 1. The zero-order valence-corrected chi connectivity index (χ0v) is 10.6. The van der Waals surface area contributed by atoms with Gasteiger partial charge in [0, 0.05) is 18.3 Å². The number of carbonyl (C=O) groups excluding carboxylic acids is 1. The fourth-order valence-electron chi connectivity index (χ4n) is 2.26. The van der Waals surface area contributed by atoms with Gasteiger partial charge in [0.2, 0.25) is 5.91 Å². The number of alkyl halides is 1. The molecule has 0 spiro atoms. The number of rotatable bonds is 4. The molecule has 0 aromatic carbocycles. The molecule has 1 aromatic heterocycles. The van der Waals surface area contributed by atoms with Crippen molar-refractivity contribution in [1.29, 1.82) is 0 Å². The Bertz CT molecular complexity index is 372. The van der Waals surface area contributed by atoms with Crippen molar-refractivity contribution in [2.75, 3.05) is 5.88 Å². The van der Waals surface area contributed by atoms with Crippen molar-refractivity contribution in [3.8, 4) is 0 Å². The van der Waals surface area contributed by atoms with E-state index < -0.39 is 0 Å². The minimum atomic E-state index is -0.142. The second-order valence-electron chi connectivity index (χ2n) is 4.53. The molecular formula is C12H18ClN3O. The molecule has 0 radical (unpaired) electrons. The molecule has 1 heterocycles. The Balaban J connectivity index is 1.88. The molecular weight excluding hydrogens is 238 g/mol. The van der Waals surface area contributed by atoms with Gasteiger partial charge in [-0.3, -0.25) is 9.48 Å². The second kappa shape index (κ2) is 6.05. The lowest BCUT2D eigenvalue weighted by Crippen LogP contribution is -2.23. The molecule has 17 heavy (non-hydrogen) atoms. The van der Waals surface area contributed by atoms with Crippen LogP contribution in [0.25, 0.3) is 0 Å². The second-order valence-corrected chi connectivity index (χ2v) is 4.80. The summed E-state index contributed by atoms with van der Waals surface area (Å²) < 4.78 is 2.04. The average molecular weight is 256 g/mol. The largest absolute Gasteiger partial charge is 0.351 e. The van der Waals surface area contributed by atoms with Gasteiger partial charge in [-0.25, -0.2) is 0 Å². The van der Waals surface area contributed by atoms with Gasteiger partial charge in [-0.2, -0.15) is 5.10 Å². The summed E-state index contributed by atoms with van der Waals surface area (Å²) in [5, 5.41) is 7.12. The molecule has 1 aliphatic rings. The maximum Gasteiger partial charge on any atom is 0.235 e. The van der Waals surface area contributed by atoms with E-state index in [1.54, 1.807) is 0 Å². The number of hydrogen-bond donors (Lipinski definition) is 1. The third-order valence-corrected chi connectivity index (χ3v) is 3.46. The number of halogens is 1. The Hall–Kier alpha value is -1.03. The smallest absolute Gasteiger partial charge is 0.235 e. The summed E-state index contributed by atoms with van der Waals surface area (Å²) in [7, 11) is 0. The summed E-state index contributed by atoms with van der Waals surface area (Å²) in [4.78, 5) is 11.0. The average Bonchev–Trinajstić information content (AvgIpc) is 2.86. The molecule has 1 saturated carbocycles. The SMILES string of the molecule is O=C(CCl)NCc1cnn(C2CCCCC2)c1. The van der Waals surface area contributed by atoms with E-state index in [1.807, 2.05) is 17.1 Å². The van der Waals surface area contributed by atoms with Gasteiger partial charge in [0.1, 0.15) is 5.88 Å². The van der Waals surface area contributed by atoms with Crippen molar-refractivity contribution in [2.24, 2.45) is 0 Å². The van der Waals surface area contributed by atoms with Crippen LogP contribution in [-0.2, 0) is 11.3 Å².